The van der Waals surface area contributed by atoms with Crippen molar-refractivity contribution in [1.29, 1.82) is 0 Å². The van der Waals surface area contributed by atoms with Crippen molar-refractivity contribution in [2.75, 3.05) is 18.4 Å². The maximum Gasteiger partial charge on any atom is 0.387 e. The van der Waals surface area contributed by atoms with E-state index in [1.807, 2.05) is 19.9 Å². The standard InChI is InChI=1S/C25H29F2N3O4/c1-16(2)22(31)29-19-9-5-7-17(13-19)14-28-23(32)18-8-6-12-30(15-18)24(33)20-10-3-4-11-21(20)34-25(26)27/h3-5,7,9-11,13,16,18,25H,6,8,12,14-15H2,1-2H3,(H,28,32)(H,29,31). The van der Waals surface area contributed by atoms with Crippen LogP contribution in [0.2, 0.25) is 0 Å². The van der Waals surface area contributed by atoms with E-state index in [1.165, 1.54) is 23.1 Å². The maximum atomic E-state index is 13.0. The molecule has 1 atom stereocenters. The van der Waals surface area contributed by atoms with Crippen molar-refractivity contribution in [3.63, 3.8) is 0 Å². The van der Waals surface area contributed by atoms with Gasteiger partial charge in [0.15, 0.2) is 0 Å². The summed E-state index contributed by atoms with van der Waals surface area (Å²) in [6.45, 7) is 1.48. The molecule has 1 aliphatic rings. The fourth-order valence-electron chi connectivity index (χ4n) is 3.77. The number of nitrogens with zero attached hydrogens (tertiary/aromatic N) is 1. The van der Waals surface area contributed by atoms with Gasteiger partial charge in [-0.15, -0.1) is 0 Å². The summed E-state index contributed by atoms with van der Waals surface area (Å²) >= 11 is 0. The van der Waals surface area contributed by atoms with E-state index in [2.05, 4.69) is 15.4 Å². The van der Waals surface area contributed by atoms with Gasteiger partial charge in [-0.1, -0.05) is 38.1 Å². The van der Waals surface area contributed by atoms with Gasteiger partial charge in [-0.2, -0.15) is 8.78 Å². The van der Waals surface area contributed by atoms with Crippen molar-refractivity contribution in [2.24, 2.45) is 11.8 Å². The monoisotopic (exact) mass is 473 g/mol. The summed E-state index contributed by atoms with van der Waals surface area (Å²) < 4.78 is 29.9. The second-order valence-electron chi connectivity index (χ2n) is 8.53. The Kier molecular flexibility index (Phi) is 8.56. The Balaban J connectivity index is 1.59. The van der Waals surface area contributed by atoms with E-state index in [1.54, 1.807) is 24.3 Å². The van der Waals surface area contributed by atoms with Crippen molar-refractivity contribution >= 4 is 23.4 Å². The number of para-hydroxylation sites is 1. The second-order valence-corrected chi connectivity index (χ2v) is 8.53. The number of anilines is 1. The van der Waals surface area contributed by atoms with E-state index in [0.717, 1.165) is 5.56 Å². The summed E-state index contributed by atoms with van der Waals surface area (Å²) in [5.41, 5.74) is 1.53. The van der Waals surface area contributed by atoms with Crippen LogP contribution in [0.4, 0.5) is 14.5 Å². The molecule has 0 spiro atoms. The fraction of sp³-hybridized carbons (Fsp3) is 0.400. The molecule has 2 aromatic carbocycles. The Labute approximate surface area is 197 Å². The van der Waals surface area contributed by atoms with Crippen molar-refractivity contribution in [3.8, 4) is 5.75 Å². The Hall–Kier alpha value is -3.49. The molecular weight excluding hydrogens is 444 g/mol. The van der Waals surface area contributed by atoms with Crippen molar-refractivity contribution in [1.82, 2.24) is 10.2 Å². The van der Waals surface area contributed by atoms with Crippen LogP contribution < -0.4 is 15.4 Å². The van der Waals surface area contributed by atoms with Gasteiger partial charge in [0.1, 0.15) is 5.75 Å². The van der Waals surface area contributed by atoms with Crippen molar-refractivity contribution < 1.29 is 27.9 Å². The van der Waals surface area contributed by atoms with Crippen LogP contribution in [0.1, 0.15) is 42.6 Å². The van der Waals surface area contributed by atoms with Crippen LogP contribution in [0, 0.1) is 11.8 Å². The van der Waals surface area contributed by atoms with Gasteiger partial charge in [-0.25, -0.2) is 0 Å². The molecule has 0 saturated carbocycles. The smallest absolute Gasteiger partial charge is 0.387 e. The van der Waals surface area contributed by atoms with E-state index in [-0.39, 0.29) is 42.1 Å². The highest BCUT2D eigenvalue weighted by atomic mass is 19.3. The molecule has 0 aliphatic carbocycles. The zero-order chi connectivity index (χ0) is 24.7. The van der Waals surface area contributed by atoms with Gasteiger partial charge in [-0.3, -0.25) is 14.4 Å². The van der Waals surface area contributed by atoms with Gasteiger partial charge < -0.3 is 20.3 Å². The van der Waals surface area contributed by atoms with Gasteiger partial charge in [0, 0.05) is 31.2 Å². The lowest BCUT2D eigenvalue weighted by Crippen LogP contribution is -2.45. The molecule has 1 saturated heterocycles. The van der Waals surface area contributed by atoms with Gasteiger partial charge in [-0.05, 0) is 42.7 Å². The third-order valence-corrected chi connectivity index (χ3v) is 5.60. The van der Waals surface area contributed by atoms with Crippen molar-refractivity contribution in [2.45, 2.75) is 39.8 Å². The molecule has 1 heterocycles. The van der Waals surface area contributed by atoms with Crippen LogP contribution in [0.25, 0.3) is 0 Å². The molecule has 2 aromatic rings. The number of ether oxygens (including phenoxy) is 1. The fourth-order valence-corrected chi connectivity index (χ4v) is 3.77. The zero-order valence-corrected chi connectivity index (χ0v) is 19.2. The van der Waals surface area contributed by atoms with E-state index >= 15 is 0 Å². The molecule has 9 heteroatoms. The average Bonchev–Trinajstić information content (AvgIpc) is 2.82. The molecule has 182 valence electrons. The molecule has 3 rings (SSSR count). The van der Waals surface area contributed by atoms with Crippen LogP contribution in [0.5, 0.6) is 5.75 Å². The molecular formula is C25H29F2N3O4. The number of amides is 3. The summed E-state index contributed by atoms with van der Waals surface area (Å²) in [6, 6.07) is 13.1. The first-order valence-electron chi connectivity index (χ1n) is 11.2. The highest BCUT2D eigenvalue weighted by molar-refractivity contribution is 5.97. The molecule has 1 aliphatic heterocycles. The first-order valence-corrected chi connectivity index (χ1v) is 11.2. The summed E-state index contributed by atoms with van der Waals surface area (Å²) in [7, 11) is 0. The average molecular weight is 474 g/mol. The molecule has 1 fully saturated rings. The quantitative estimate of drug-likeness (QED) is 0.606. The number of rotatable bonds is 8. The van der Waals surface area contributed by atoms with Gasteiger partial charge in [0.05, 0.1) is 11.5 Å². The number of nitrogens with one attached hydrogen (secondary N) is 2. The number of carbonyl (C=O) groups excluding carboxylic acids is 3. The third-order valence-electron chi connectivity index (χ3n) is 5.60. The molecule has 0 radical (unpaired) electrons. The van der Waals surface area contributed by atoms with Crippen LogP contribution >= 0.6 is 0 Å². The van der Waals surface area contributed by atoms with Crippen LogP contribution in [-0.4, -0.2) is 42.3 Å². The topological polar surface area (TPSA) is 87.7 Å². The molecule has 7 nitrogen and oxygen atoms in total. The largest absolute Gasteiger partial charge is 0.434 e. The Morgan fingerprint density at radius 3 is 2.62 bits per heavy atom. The first kappa shape index (κ1) is 25.1. The minimum atomic E-state index is -3.04. The first-order chi connectivity index (χ1) is 16.2. The zero-order valence-electron chi connectivity index (χ0n) is 19.2. The van der Waals surface area contributed by atoms with Crippen LogP contribution in [0.15, 0.2) is 48.5 Å². The second kappa shape index (κ2) is 11.6. The predicted octanol–water partition coefficient (Wildman–Crippen LogP) is 4.05. The normalized spacial score (nSPS) is 15.8. The SMILES string of the molecule is CC(C)C(=O)Nc1cccc(CNC(=O)C2CCCN(C(=O)c3ccccc3OC(F)F)C2)c1. The Morgan fingerprint density at radius 1 is 1.12 bits per heavy atom. The summed E-state index contributed by atoms with van der Waals surface area (Å²) in [5, 5.41) is 5.73. The molecule has 2 N–H and O–H groups in total. The number of halogens is 2. The number of benzene rings is 2. The van der Waals surface area contributed by atoms with Crippen molar-refractivity contribution in [3.05, 3.63) is 59.7 Å². The molecule has 0 bridgehead atoms. The third kappa shape index (κ3) is 6.76. The Bertz CT molecular complexity index is 1030. The summed E-state index contributed by atoms with van der Waals surface area (Å²) in [4.78, 5) is 39.2. The summed E-state index contributed by atoms with van der Waals surface area (Å²) in [6.07, 6.45) is 1.24. The van der Waals surface area contributed by atoms with E-state index in [0.29, 0.717) is 25.1 Å². The number of likely N-dealkylation sites (tertiary alicyclic amines) is 1. The minimum absolute atomic E-state index is 0.0455. The molecule has 3 amide bonds. The maximum absolute atomic E-state index is 13.0. The Morgan fingerprint density at radius 2 is 1.88 bits per heavy atom. The molecule has 34 heavy (non-hydrogen) atoms. The number of hydrogen-bond acceptors (Lipinski definition) is 4. The lowest BCUT2D eigenvalue weighted by molar-refractivity contribution is -0.126. The molecule has 0 aromatic heterocycles. The van der Waals surface area contributed by atoms with E-state index in [9.17, 15) is 23.2 Å². The number of alkyl halides is 2. The van der Waals surface area contributed by atoms with Crippen LogP contribution in [0.3, 0.4) is 0 Å². The molecule has 1 unspecified atom stereocenters. The minimum Gasteiger partial charge on any atom is -0.434 e. The van der Waals surface area contributed by atoms with E-state index < -0.39 is 18.4 Å². The number of piperidine rings is 1. The van der Waals surface area contributed by atoms with Crippen LogP contribution in [-0.2, 0) is 16.1 Å². The van der Waals surface area contributed by atoms with Gasteiger partial charge in [0.2, 0.25) is 11.8 Å². The lowest BCUT2D eigenvalue weighted by Gasteiger charge is -2.32. The highest BCUT2D eigenvalue weighted by Gasteiger charge is 2.30. The predicted molar refractivity (Wildman–Crippen MR) is 123 cm³/mol. The number of hydrogen-bond donors (Lipinski definition) is 2. The van der Waals surface area contributed by atoms with E-state index in [4.69, 9.17) is 0 Å². The van der Waals surface area contributed by atoms with Gasteiger partial charge in [0.25, 0.3) is 5.91 Å². The number of carbonyl (C=O) groups is 3. The highest BCUT2D eigenvalue weighted by Crippen LogP contribution is 2.25. The summed E-state index contributed by atoms with van der Waals surface area (Å²) in [5.74, 6) is -1.46. The van der Waals surface area contributed by atoms with Gasteiger partial charge >= 0.3 is 6.61 Å². The lowest BCUT2D eigenvalue weighted by atomic mass is 9.96.